The van der Waals surface area contributed by atoms with Crippen LogP contribution in [0.4, 0.5) is 4.79 Å². The summed E-state index contributed by atoms with van der Waals surface area (Å²) in [6, 6.07) is 7.38. The lowest BCUT2D eigenvalue weighted by atomic mass is 10.2. The Balaban J connectivity index is 2.25. The van der Waals surface area contributed by atoms with Gasteiger partial charge >= 0.3 is 6.03 Å². The van der Waals surface area contributed by atoms with Gasteiger partial charge in [-0.05, 0) is 38.5 Å². The molecule has 0 aliphatic carbocycles. The minimum absolute atomic E-state index is 0.0697. The van der Waals surface area contributed by atoms with E-state index in [1.165, 1.54) is 0 Å². The number of carbonyl (C=O) groups excluding carboxylic acids is 2. The van der Waals surface area contributed by atoms with Crippen LogP contribution in [-0.2, 0) is 11.3 Å². The van der Waals surface area contributed by atoms with Crippen molar-refractivity contribution >= 4 is 11.9 Å². The van der Waals surface area contributed by atoms with Crippen molar-refractivity contribution in [2.45, 2.75) is 39.8 Å². The molecular formula is C16H25N3O3. The molecule has 0 aliphatic rings. The van der Waals surface area contributed by atoms with Crippen molar-refractivity contribution in [3.8, 4) is 5.75 Å². The van der Waals surface area contributed by atoms with E-state index in [0.717, 1.165) is 11.3 Å². The molecule has 0 fully saturated rings. The summed E-state index contributed by atoms with van der Waals surface area (Å²) < 4.78 is 5.40. The van der Waals surface area contributed by atoms with Crippen molar-refractivity contribution in [3.63, 3.8) is 0 Å². The standard InChI is InChI=1S/C16H25N3O3/c1-4-22-14-7-5-6-13(10-14)11-18-16(21)17-9-8-15(20)19-12(2)3/h5-7,10,12H,4,8-9,11H2,1-3H3,(H,19,20)(H2,17,18,21). The number of ether oxygens (including phenoxy) is 1. The molecule has 0 atom stereocenters. The molecule has 0 spiro atoms. The van der Waals surface area contributed by atoms with Crippen molar-refractivity contribution in [2.24, 2.45) is 0 Å². The molecule has 0 unspecified atom stereocenters. The molecular weight excluding hydrogens is 282 g/mol. The van der Waals surface area contributed by atoms with Crippen LogP contribution in [-0.4, -0.2) is 31.1 Å². The van der Waals surface area contributed by atoms with Crippen LogP contribution in [0.1, 0.15) is 32.8 Å². The van der Waals surface area contributed by atoms with E-state index in [2.05, 4.69) is 16.0 Å². The molecule has 1 aromatic rings. The van der Waals surface area contributed by atoms with Crippen LogP contribution >= 0.6 is 0 Å². The van der Waals surface area contributed by atoms with Crippen molar-refractivity contribution in [1.29, 1.82) is 0 Å². The maximum atomic E-state index is 11.6. The van der Waals surface area contributed by atoms with Crippen LogP contribution in [0, 0.1) is 0 Å². The van der Waals surface area contributed by atoms with Gasteiger partial charge in [-0.25, -0.2) is 4.79 Å². The van der Waals surface area contributed by atoms with E-state index in [1.807, 2.05) is 45.0 Å². The van der Waals surface area contributed by atoms with Gasteiger partial charge in [0.05, 0.1) is 6.61 Å². The molecule has 3 N–H and O–H groups in total. The van der Waals surface area contributed by atoms with E-state index < -0.39 is 0 Å². The molecule has 0 aromatic heterocycles. The number of rotatable bonds is 8. The van der Waals surface area contributed by atoms with Crippen molar-refractivity contribution < 1.29 is 14.3 Å². The van der Waals surface area contributed by atoms with Gasteiger partial charge in [-0.3, -0.25) is 4.79 Å². The van der Waals surface area contributed by atoms with E-state index in [9.17, 15) is 9.59 Å². The first-order valence-corrected chi connectivity index (χ1v) is 7.54. The summed E-state index contributed by atoms with van der Waals surface area (Å²) in [6.07, 6.45) is 0.269. The van der Waals surface area contributed by atoms with Gasteiger partial charge in [0.25, 0.3) is 0 Å². The van der Waals surface area contributed by atoms with Gasteiger partial charge in [0, 0.05) is 25.6 Å². The lowest BCUT2D eigenvalue weighted by Gasteiger charge is -2.10. The summed E-state index contributed by atoms with van der Waals surface area (Å²) in [5.74, 6) is 0.715. The highest BCUT2D eigenvalue weighted by atomic mass is 16.5. The molecule has 0 radical (unpaired) electrons. The zero-order chi connectivity index (χ0) is 16.4. The average Bonchev–Trinajstić information content (AvgIpc) is 2.45. The van der Waals surface area contributed by atoms with Crippen LogP contribution in [0.3, 0.4) is 0 Å². The largest absolute Gasteiger partial charge is 0.494 e. The van der Waals surface area contributed by atoms with Gasteiger partial charge in [0.2, 0.25) is 5.91 Å². The minimum atomic E-state index is -0.292. The Labute approximate surface area is 131 Å². The molecule has 22 heavy (non-hydrogen) atoms. The number of hydrogen-bond acceptors (Lipinski definition) is 3. The van der Waals surface area contributed by atoms with Crippen molar-refractivity contribution in [3.05, 3.63) is 29.8 Å². The van der Waals surface area contributed by atoms with Gasteiger partial charge in [-0.2, -0.15) is 0 Å². The van der Waals surface area contributed by atoms with Gasteiger partial charge in [0.15, 0.2) is 0 Å². The van der Waals surface area contributed by atoms with Gasteiger partial charge in [-0.15, -0.1) is 0 Å². The molecule has 0 saturated heterocycles. The van der Waals surface area contributed by atoms with Crippen LogP contribution in [0.5, 0.6) is 5.75 Å². The minimum Gasteiger partial charge on any atom is -0.494 e. The van der Waals surface area contributed by atoms with E-state index in [-0.39, 0.29) is 24.4 Å². The van der Waals surface area contributed by atoms with Gasteiger partial charge in [0.1, 0.15) is 5.75 Å². The molecule has 1 rings (SSSR count). The predicted octanol–water partition coefficient (Wildman–Crippen LogP) is 1.80. The van der Waals surface area contributed by atoms with Crippen LogP contribution < -0.4 is 20.7 Å². The van der Waals surface area contributed by atoms with E-state index in [0.29, 0.717) is 19.7 Å². The van der Waals surface area contributed by atoms with Crippen LogP contribution in [0.2, 0.25) is 0 Å². The number of nitrogens with one attached hydrogen (secondary N) is 3. The summed E-state index contributed by atoms with van der Waals surface area (Å²) in [5, 5.41) is 8.17. The Morgan fingerprint density at radius 1 is 1.23 bits per heavy atom. The van der Waals surface area contributed by atoms with Crippen LogP contribution in [0.25, 0.3) is 0 Å². The van der Waals surface area contributed by atoms with E-state index in [1.54, 1.807) is 0 Å². The SMILES string of the molecule is CCOc1cccc(CNC(=O)NCCC(=O)NC(C)C)c1. The fraction of sp³-hybridized carbons (Fsp3) is 0.500. The molecule has 6 nitrogen and oxygen atoms in total. The van der Waals surface area contributed by atoms with E-state index >= 15 is 0 Å². The quantitative estimate of drug-likeness (QED) is 0.685. The zero-order valence-corrected chi connectivity index (χ0v) is 13.4. The summed E-state index contributed by atoms with van der Waals surface area (Å²) in [4.78, 5) is 23.1. The number of hydrogen-bond donors (Lipinski definition) is 3. The molecule has 0 heterocycles. The smallest absolute Gasteiger partial charge is 0.315 e. The second-order valence-electron chi connectivity index (χ2n) is 5.16. The third-order valence-electron chi connectivity index (χ3n) is 2.75. The number of amides is 3. The summed E-state index contributed by atoms with van der Waals surface area (Å²) in [6.45, 7) is 7.04. The normalized spacial score (nSPS) is 10.2. The second kappa shape index (κ2) is 9.65. The Kier molecular flexibility index (Phi) is 7.81. The molecule has 3 amide bonds. The maximum absolute atomic E-state index is 11.6. The predicted molar refractivity (Wildman–Crippen MR) is 85.7 cm³/mol. The first kappa shape index (κ1) is 17.8. The lowest BCUT2D eigenvalue weighted by molar-refractivity contribution is -0.121. The van der Waals surface area contributed by atoms with Gasteiger partial charge < -0.3 is 20.7 Å². The summed E-state index contributed by atoms with van der Waals surface area (Å²) in [5.41, 5.74) is 0.957. The average molecular weight is 307 g/mol. The fourth-order valence-electron chi connectivity index (χ4n) is 1.84. The van der Waals surface area contributed by atoms with Crippen molar-refractivity contribution in [1.82, 2.24) is 16.0 Å². The Morgan fingerprint density at radius 2 is 2.00 bits per heavy atom. The number of benzene rings is 1. The highest BCUT2D eigenvalue weighted by Crippen LogP contribution is 2.12. The number of carbonyl (C=O) groups is 2. The molecule has 122 valence electrons. The Bertz CT molecular complexity index is 489. The molecule has 1 aromatic carbocycles. The first-order chi connectivity index (χ1) is 10.5. The summed E-state index contributed by atoms with van der Waals surface area (Å²) in [7, 11) is 0. The van der Waals surface area contributed by atoms with E-state index in [4.69, 9.17) is 4.74 Å². The number of urea groups is 1. The fourth-order valence-corrected chi connectivity index (χ4v) is 1.84. The molecule has 0 saturated carbocycles. The summed E-state index contributed by atoms with van der Waals surface area (Å²) >= 11 is 0. The lowest BCUT2D eigenvalue weighted by Crippen LogP contribution is -2.38. The maximum Gasteiger partial charge on any atom is 0.315 e. The highest BCUT2D eigenvalue weighted by Gasteiger charge is 2.05. The highest BCUT2D eigenvalue weighted by molar-refractivity contribution is 5.78. The zero-order valence-electron chi connectivity index (χ0n) is 13.4. The Hall–Kier alpha value is -2.24. The molecule has 6 heteroatoms. The Morgan fingerprint density at radius 3 is 2.68 bits per heavy atom. The first-order valence-electron chi connectivity index (χ1n) is 7.54. The van der Waals surface area contributed by atoms with Crippen LogP contribution in [0.15, 0.2) is 24.3 Å². The van der Waals surface area contributed by atoms with Crippen molar-refractivity contribution in [2.75, 3.05) is 13.2 Å². The molecule has 0 aliphatic heterocycles. The molecule has 0 bridgehead atoms. The third kappa shape index (κ3) is 7.52. The second-order valence-corrected chi connectivity index (χ2v) is 5.16. The third-order valence-corrected chi connectivity index (χ3v) is 2.75. The monoisotopic (exact) mass is 307 g/mol. The topological polar surface area (TPSA) is 79.5 Å². The van der Waals surface area contributed by atoms with Gasteiger partial charge in [-0.1, -0.05) is 12.1 Å².